The van der Waals surface area contributed by atoms with E-state index in [0.29, 0.717) is 48.3 Å². The molecule has 13 nitrogen and oxygen atoms in total. The fourth-order valence-electron chi connectivity index (χ4n) is 5.98. The number of nitrogens with zero attached hydrogens (tertiary/aromatic N) is 8. The second-order valence-electron chi connectivity index (χ2n) is 11.8. The Bertz CT molecular complexity index is 2130. The quantitative estimate of drug-likeness (QED) is 0.252. The minimum absolute atomic E-state index is 0.0129. The van der Waals surface area contributed by atoms with Gasteiger partial charge in [0.25, 0.3) is 11.5 Å². The lowest BCUT2D eigenvalue weighted by molar-refractivity contribution is -0.137. The molecule has 5 heterocycles. The van der Waals surface area contributed by atoms with Crippen LogP contribution in [0.4, 0.5) is 35.3 Å². The summed E-state index contributed by atoms with van der Waals surface area (Å²) in [6.07, 6.45) is -3.29. The second kappa shape index (κ2) is 13.3. The third-order valence-electron chi connectivity index (χ3n) is 8.65. The number of nitrogens with one attached hydrogen (secondary N) is 1. The van der Waals surface area contributed by atoms with Crippen LogP contribution in [0.3, 0.4) is 0 Å². The van der Waals surface area contributed by atoms with Gasteiger partial charge >= 0.3 is 6.18 Å². The zero-order valence-corrected chi connectivity index (χ0v) is 26.5. The number of carbonyl (C=O) groups is 1. The van der Waals surface area contributed by atoms with Gasteiger partial charge in [-0.15, -0.1) is 0 Å². The fraction of sp³-hybridized carbons (Fsp3) is 0.303. The van der Waals surface area contributed by atoms with Crippen molar-refractivity contribution in [3.05, 3.63) is 93.3 Å². The highest BCUT2D eigenvalue weighted by Crippen LogP contribution is 2.35. The standard InChI is InChI=1S/C33H30F4N10O3/c34-25-6-5-19(16-26-21-3-1-2-4-22(21)29(48)44-43-26)15-23(25)30(49)45-7-9-46(10-8-45)31-40-28(41-32(42-31)47-11-13-50-14-12-47)20-17-24(33(35,36)37)27(38)39-18-20/h1-6,15,17-18H,7-14,16H2,(H2,38,39)(H,44,48). The first-order valence-corrected chi connectivity index (χ1v) is 15.8. The van der Waals surface area contributed by atoms with Crippen molar-refractivity contribution in [3.63, 3.8) is 0 Å². The van der Waals surface area contributed by atoms with Crippen LogP contribution >= 0.6 is 0 Å². The van der Waals surface area contributed by atoms with Crippen molar-refractivity contribution in [2.75, 3.05) is 68.0 Å². The van der Waals surface area contributed by atoms with Gasteiger partial charge in [0.1, 0.15) is 11.6 Å². The van der Waals surface area contributed by atoms with E-state index in [1.807, 2.05) is 4.90 Å². The minimum atomic E-state index is -4.73. The van der Waals surface area contributed by atoms with Crippen LogP contribution in [0, 0.1) is 5.82 Å². The molecule has 2 aliphatic rings. The molecule has 1 amide bonds. The van der Waals surface area contributed by atoms with Crippen LogP contribution in [0.15, 0.2) is 59.5 Å². The summed E-state index contributed by atoms with van der Waals surface area (Å²) < 4.78 is 61.5. The predicted molar refractivity (Wildman–Crippen MR) is 175 cm³/mol. The number of fused-ring (bicyclic) bond motifs is 1. The predicted octanol–water partition coefficient (Wildman–Crippen LogP) is 3.30. The first-order chi connectivity index (χ1) is 24.0. The Labute approximate surface area is 281 Å². The number of nitrogen functional groups attached to an aromatic ring is 1. The van der Waals surface area contributed by atoms with Crippen LogP contribution < -0.4 is 21.1 Å². The number of aromatic nitrogens is 6. The van der Waals surface area contributed by atoms with Crippen LogP contribution in [-0.4, -0.2) is 93.4 Å². The molecule has 0 spiro atoms. The van der Waals surface area contributed by atoms with Crippen molar-refractivity contribution in [2.24, 2.45) is 0 Å². The maximum atomic E-state index is 15.1. The van der Waals surface area contributed by atoms with Crippen molar-refractivity contribution >= 4 is 34.4 Å². The van der Waals surface area contributed by atoms with Crippen LogP contribution in [0.2, 0.25) is 0 Å². The zero-order chi connectivity index (χ0) is 35.0. The Morgan fingerprint density at radius 3 is 2.28 bits per heavy atom. The number of rotatable bonds is 6. The third-order valence-corrected chi connectivity index (χ3v) is 8.65. The number of morpholine rings is 1. The summed E-state index contributed by atoms with van der Waals surface area (Å²) in [5, 5.41) is 7.82. The third kappa shape index (κ3) is 6.63. The summed E-state index contributed by atoms with van der Waals surface area (Å²) in [6, 6.07) is 12.2. The van der Waals surface area contributed by atoms with Crippen molar-refractivity contribution in [2.45, 2.75) is 12.6 Å². The summed E-state index contributed by atoms with van der Waals surface area (Å²) in [5.41, 5.74) is 5.23. The molecule has 2 aromatic carbocycles. The number of hydrogen-bond acceptors (Lipinski definition) is 11. The van der Waals surface area contributed by atoms with Gasteiger partial charge in [-0.2, -0.15) is 33.2 Å². The van der Waals surface area contributed by atoms with E-state index in [4.69, 9.17) is 10.5 Å². The van der Waals surface area contributed by atoms with E-state index in [0.717, 1.165) is 6.07 Å². The summed E-state index contributed by atoms with van der Waals surface area (Å²) in [6.45, 7) is 2.72. The molecule has 258 valence electrons. The van der Waals surface area contributed by atoms with Crippen LogP contribution in [0.1, 0.15) is 27.2 Å². The monoisotopic (exact) mass is 690 g/mol. The van der Waals surface area contributed by atoms with Gasteiger partial charge in [-0.25, -0.2) is 14.5 Å². The van der Waals surface area contributed by atoms with E-state index in [1.165, 1.54) is 23.2 Å². The fourth-order valence-corrected chi connectivity index (χ4v) is 5.98. The van der Waals surface area contributed by atoms with Gasteiger partial charge in [-0.1, -0.05) is 24.3 Å². The smallest absolute Gasteiger partial charge is 0.383 e. The first kappa shape index (κ1) is 32.8. The van der Waals surface area contributed by atoms with Crippen LogP contribution in [0.5, 0.6) is 0 Å². The molecule has 0 aliphatic carbocycles. The average Bonchev–Trinajstić information content (AvgIpc) is 3.13. The SMILES string of the molecule is Nc1ncc(-c2nc(N3CCOCC3)nc(N3CCN(C(=O)c4cc(Cc5n[nH]c(=O)c6ccccc56)ccc4F)CC3)n2)cc1C(F)(F)F. The Morgan fingerprint density at radius 2 is 1.58 bits per heavy atom. The van der Waals surface area contributed by atoms with Crippen molar-refractivity contribution in [3.8, 4) is 11.4 Å². The largest absolute Gasteiger partial charge is 0.419 e. The molecule has 0 atom stereocenters. The van der Waals surface area contributed by atoms with Crippen molar-refractivity contribution in [1.29, 1.82) is 0 Å². The maximum absolute atomic E-state index is 15.1. The van der Waals surface area contributed by atoms with E-state index >= 15 is 4.39 Å². The number of benzene rings is 2. The highest BCUT2D eigenvalue weighted by molar-refractivity contribution is 5.95. The molecule has 0 saturated carbocycles. The van der Waals surface area contributed by atoms with E-state index in [1.54, 1.807) is 35.2 Å². The minimum Gasteiger partial charge on any atom is -0.383 e. The lowest BCUT2D eigenvalue weighted by Crippen LogP contribution is -2.49. The number of amides is 1. The highest BCUT2D eigenvalue weighted by Gasteiger charge is 2.35. The number of H-pyrrole nitrogens is 1. The molecule has 7 rings (SSSR count). The Morgan fingerprint density at radius 1 is 0.900 bits per heavy atom. The molecule has 50 heavy (non-hydrogen) atoms. The molecular formula is C33H30F4N10O3. The Kier molecular flexibility index (Phi) is 8.73. The molecule has 0 radical (unpaired) electrons. The van der Waals surface area contributed by atoms with E-state index in [-0.39, 0.29) is 67.0 Å². The highest BCUT2D eigenvalue weighted by atomic mass is 19.4. The van der Waals surface area contributed by atoms with Gasteiger partial charge in [-0.3, -0.25) is 9.59 Å². The van der Waals surface area contributed by atoms with Crippen molar-refractivity contribution < 1.29 is 27.1 Å². The second-order valence-corrected chi connectivity index (χ2v) is 11.8. The van der Waals surface area contributed by atoms with Crippen LogP contribution in [0.25, 0.3) is 22.2 Å². The number of carbonyl (C=O) groups excluding carboxylic acids is 1. The zero-order valence-electron chi connectivity index (χ0n) is 26.5. The number of alkyl halides is 3. The van der Waals surface area contributed by atoms with Gasteiger partial charge < -0.3 is 25.2 Å². The van der Waals surface area contributed by atoms with Gasteiger partial charge in [0.15, 0.2) is 5.82 Å². The average molecular weight is 691 g/mol. The van der Waals surface area contributed by atoms with Gasteiger partial charge in [-0.05, 0) is 29.8 Å². The van der Waals surface area contributed by atoms with Gasteiger partial charge in [0.2, 0.25) is 11.9 Å². The van der Waals surface area contributed by atoms with Gasteiger partial charge in [0, 0.05) is 62.8 Å². The molecule has 5 aromatic rings. The number of ether oxygens (including phenoxy) is 1. The summed E-state index contributed by atoms with van der Waals surface area (Å²) in [7, 11) is 0. The number of anilines is 3. The number of aromatic amines is 1. The lowest BCUT2D eigenvalue weighted by Gasteiger charge is -2.35. The van der Waals surface area contributed by atoms with Crippen LogP contribution in [-0.2, 0) is 17.3 Å². The number of nitrogens with two attached hydrogens (primary N) is 1. The van der Waals surface area contributed by atoms with E-state index < -0.39 is 29.3 Å². The number of pyridine rings is 1. The Hall–Kier alpha value is -5.71. The molecule has 0 unspecified atom stereocenters. The lowest BCUT2D eigenvalue weighted by atomic mass is 10.0. The molecule has 3 N–H and O–H groups in total. The Balaban J connectivity index is 1.11. The summed E-state index contributed by atoms with van der Waals surface area (Å²) in [4.78, 5) is 48.3. The molecule has 2 saturated heterocycles. The van der Waals surface area contributed by atoms with E-state index in [2.05, 4.69) is 30.1 Å². The number of piperazine rings is 1. The summed E-state index contributed by atoms with van der Waals surface area (Å²) >= 11 is 0. The van der Waals surface area contributed by atoms with E-state index in [9.17, 15) is 22.8 Å². The molecule has 2 aliphatic heterocycles. The normalized spacial score (nSPS) is 15.5. The topological polar surface area (TPSA) is 159 Å². The first-order valence-electron chi connectivity index (χ1n) is 15.8. The number of hydrogen-bond donors (Lipinski definition) is 2. The summed E-state index contributed by atoms with van der Waals surface area (Å²) in [5.74, 6) is -1.37. The molecule has 0 bridgehead atoms. The molecular weight excluding hydrogens is 660 g/mol. The van der Waals surface area contributed by atoms with Gasteiger partial charge in [0.05, 0.1) is 35.4 Å². The maximum Gasteiger partial charge on any atom is 0.419 e. The molecule has 2 fully saturated rings. The molecule has 3 aromatic heterocycles. The molecule has 17 heteroatoms. The number of halogens is 4. The van der Waals surface area contributed by atoms with Crippen molar-refractivity contribution in [1.82, 2.24) is 35.0 Å².